The van der Waals surface area contributed by atoms with E-state index in [9.17, 15) is 0 Å². The van der Waals surface area contributed by atoms with Crippen molar-refractivity contribution in [3.05, 3.63) is 0 Å². The third-order valence-electron chi connectivity index (χ3n) is 2.85. The molecule has 60 valence electrons. The molecular formula is C9H19N. The lowest BCUT2D eigenvalue weighted by molar-refractivity contribution is 0.215. The molecule has 1 aliphatic carbocycles. The zero-order chi connectivity index (χ0) is 7.61. The van der Waals surface area contributed by atoms with Crippen LogP contribution in [0.25, 0.3) is 0 Å². The van der Waals surface area contributed by atoms with Gasteiger partial charge in [-0.2, -0.15) is 0 Å². The lowest BCUT2D eigenvalue weighted by Gasteiger charge is -2.26. The smallest absolute Gasteiger partial charge is 0.0205 e. The highest BCUT2D eigenvalue weighted by Crippen LogP contribution is 2.43. The van der Waals surface area contributed by atoms with E-state index in [4.69, 9.17) is 0 Å². The Morgan fingerprint density at radius 3 is 2.20 bits per heavy atom. The third-order valence-corrected chi connectivity index (χ3v) is 2.85. The molecule has 0 spiro atoms. The normalized spacial score (nSPS) is 21.6. The first-order chi connectivity index (χ1) is 4.75. The van der Waals surface area contributed by atoms with Crippen molar-refractivity contribution >= 4 is 0 Å². The summed E-state index contributed by atoms with van der Waals surface area (Å²) in [6.45, 7) is 5.83. The lowest BCUT2D eigenvalue weighted by atomic mass is 10.1. The third kappa shape index (κ3) is 1.34. The highest BCUT2D eigenvalue weighted by molar-refractivity contribution is 5.01. The van der Waals surface area contributed by atoms with Gasteiger partial charge in [0.15, 0.2) is 0 Å². The van der Waals surface area contributed by atoms with Gasteiger partial charge in [0.2, 0.25) is 0 Å². The Bertz CT molecular complexity index is 105. The van der Waals surface area contributed by atoms with E-state index in [1.807, 2.05) is 0 Å². The molecule has 1 rings (SSSR count). The molecule has 0 amide bonds. The second-order valence-electron chi connectivity index (χ2n) is 3.50. The molecule has 1 nitrogen and oxygen atoms in total. The van der Waals surface area contributed by atoms with Gasteiger partial charge in [-0.3, -0.25) is 0 Å². The molecule has 0 radical (unpaired) electrons. The zero-order valence-electron chi connectivity index (χ0n) is 7.48. The van der Waals surface area contributed by atoms with Crippen LogP contribution in [-0.4, -0.2) is 24.0 Å². The number of hydrogen-bond donors (Lipinski definition) is 0. The van der Waals surface area contributed by atoms with Gasteiger partial charge in [-0.1, -0.05) is 13.8 Å². The monoisotopic (exact) mass is 141 g/mol. The summed E-state index contributed by atoms with van der Waals surface area (Å²) >= 11 is 0. The van der Waals surface area contributed by atoms with Crippen LogP contribution >= 0.6 is 0 Å². The summed E-state index contributed by atoms with van der Waals surface area (Å²) in [6.07, 6.45) is 5.49. The highest BCUT2D eigenvalue weighted by atomic mass is 15.2. The molecule has 1 fully saturated rings. The number of nitrogens with zero attached hydrogens (tertiary/aromatic N) is 1. The van der Waals surface area contributed by atoms with Crippen molar-refractivity contribution in [2.24, 2.45) is 0 Å². The average Bonchev–Trinajstić information content (AvgIpc) is 2.68. The van der Waals surface area contributed by atoms with Crippen molar-refractivity contribution in [1.29, 1.82) is 0 Å². The maximum absolute atomic E-state index is 2.53. The first-order valence-corrected chi connectivity index (χ1v) is 4.46. The van der Waals surface area contributed by atoms with Gasteiger partial charge in [0.05, 0.1) is 0 Å². The fourth-order valence-corrected chi connectivity index (χ4v) is 1.72. The van der Waals surface area contributed by atoms with Gasteiger partial charge in [0.1, 0.15) is 0 Å². The van der Waals surface area contributed by atoms with E-state index >= 15 is 0 Å². The summed E-state index contributed by atoms with van der Waals surface area (Å²) in [4.78, 5) is 2.53. The zero-order valence-corrected chi connectivity index (χ0v) is 7.48. The van der Waals surface area contributed by atoms with E-state index in [1.165, 1.54) is 32.2 Å². The van der Waals surface area contributed by atoms with Gasteiger partial charge in [-0.25, -0.2) is 0 Å². The molecule has 10 heavy (non-hydrogen) atoms. The fraction of sp³-hybridized carbons (Fsp3) is 1.00. The minimum Gasteiger partial charge on any atom is -0.301 e. The largest absolute Gasteiger partial charge is 0.301 e. The first kappa shape index (κ1) is 8.06. The molecule has 0 N–H and O–H groups in total. The van der Waals surface area contributed by atoms with Crippen molar-refractivity contribution < 1.29 is 0 Å². The van der Waals surface area contributed by atoms with Crippen molar-refractivity contribution in [2.45, 2.75) is 45.1 Å². The molecule has 0 aromatic carbocycles. The van der Waals surface area contributed by atoms with Crippen LogP contribution in [0.1, 0.15) is 39.5 Å². The minimum atomic E-state index is 0.635. The average molecular weight is 141 g/mol. The van der Waals surface area contributed by atoms with Gasteiger partial charge < -0.3 is 4.90 Å². The second kappa shape index (κ2) is 2.91. The topological polar surface area (TPSA) is 3.24 Å². The quantitative estimate of drug-likeness (QED) is 0.580. The van der Waals surface area contributed by atoms with Gasteiger partial charge in [-0.05, 0) is 39.3 Å². The van der Waals surface area contributed by atoms with Gasteiger partial charge in [-0.15, -0.1) is 0 Å². The highest BCUT2D eigenvalue weighted by Gasteiger charge is 2.43. The molecule has 0 aromatic heterocycles. The summed E-state index contributed by atoms with van der Waals surface area (Å²) in [6, 6.07) is 0. The Morgan fingerprint density at radius 2 is 1.90 bits per heavy atom. The summed E-state index contributed by atoms with van der Waals surface area (Å²) in [7, 11) is 2.26. The molecule has 0 aliphatic heterocycles. The fourth-order valence-electron chi connectivity index (χ4n) is 1.72. The minimum absolute atomic E-state index is 0.635. The SMILES string of the molecule is CCCN(C)C1(CC)CC1. The maximum atomic E-state index is 2.53. The van der Waals surface area contributed by atoms with E-state index in [-0.39, 0.29) is 0 Å². The van der Waals surface area contributed by atoms with Crippen LogP contribution < -0.4 is 0 Å². The maximum Gasteiger partial charge on any atom is 0.0205 e. The Morgan fingerprint density at radius 1 is 1.30 bits per heavy atom. The molecule has 0 unspecified atom stereocenters. The predicted octanol–water partition coefficient (Wildman–Crippen LogP) is 2.27. The molecule has 0 aromatic rings. The molecular weight excluding hydrogens is 122 g/mol. The number of rotatable bonds is 4. The Kier molecular flexibility index (Phi) is 2.35. The summed E-state index contributed by atoms with van der Waals surface area (Å²) < 4.78 is 0. The predicted molar refractivity (Wildman–Crippen MR) is 45.2 cm³/mol. The van der Waals surface area contributed by atoms with E-state index in [0.29, 0.717) is 5.54 Å². The first-order valence-electron chi connectivity index (χ1n) is 4.46. The van der Waals surface area contributed by atoms with Crippen LogP contribution in [-0.2, 0) is 0 Å². The van der Waals surface area contributed by atoms with Crippen LogP contribution in [0.4, 0.5) is 0 Å². The Labute approximate surface area is 64.4 Å². The van der Waals surface area contributed by atoms with Crippen molar-refractivity contribution in [3.8, 4) is 0 Å². The molecule has 1 aliphatic rings. The van der Waals surface area contributed by atoms with E-state index < -0.39 is 0 Å². The molecule has 1 saturated carbocycles. The van der Waals surface area contributed by atoms with Crippen LogP contribution in [0.3, 0.4) is 0 Å². The second-order valence-corrected chi connectivity index (χ2v) is 3.50. The molecule has 0 heterocycles. The van der Waals surface area contributed by atoms with Crippen LogP contribution in [0.2, 0.25) is 0 Å². The summed E-state index contributed by atoms with van der Waals surface area (Å²) in [5.41, 5.74) is 0.635. The molecule has 1 heteroatoms. The lowest BCUT2D eigenvalue weighted by Crippen LogP contribution is -2.33. The van der Waals surface area contributed by atoms with Crippen molar-refractivity contribution in [2.75, 3.05) is 13.6 Å². The molecule has 0 atom stereocenters. The van der Waals surface area contributed by atoms with Gasteiger partial charge in [0, 0.05) is 5.54 Å². The van der Waals surface area contributed by atoms with E-state index in [1.54, 1.807) is 0 Å². The van der Waals surface area contributed by atoms with E-state index in [0.717, 1.165) is 0 Å². The van der Waals surface area contributed by atoms with Gasteiger partial charge >= 0.3 is 0 Å². The van der Waals surface area contributed by atoms with Crippen LogP contribution in [0.5, 0.6) is 0 Å². The molecule has 0 bridgehead atoms. The summed E-state index contributed by atoms with van der Waals surface area (Å²) in [5, 5.41) is 0. The Balaban J connectivity index is 2.32. The Hall–Kier alpha value is -0.0400. The van der Waals surface area contributed by atoms with Crippen molar-refractivity contribution in [1.82, 2.24) is 4.90 Å². The van der Waals surface area contributed by atoms with E-state index in [2.05, 4.69) is 25.8 Å². The van der Waals surface area contributed by atoms with Crippen molar-refractivity contribution in [3.63, 3.8) is 0 Å². The standard InChI is InChI=1S/C9H19N/c1-4-8-10(3)9(5-2)6-7-9/h4-8H2,1-3H3. The van der Waals surface area contributed by atoms with Crippen LogP contribution in [0.15, 0.2) is 0 Å². The van der Waals surface area contributed by atoms with Gasteiger partial charge in [0.25, 0.3) is 0 Å². The molecule has 0 saturated heterocycles. The number of hydrogen-bond acceptors (Lipinski definition) is 1. The summed E-state index contributed by atoms with van der Waals surface area (Å²) in [5.74, 6) is 0. The van der Waals surface area contributed by atoms with Crippen LogP contribution in [0, 0.1) is 0 Å².